The number of carbonyl (C=O) groups excluding carboxylic acids is 1. The molecular weight excluding hydrogens is 281 g/mol. The van der Waals surface area contributed by atoms with E-state index in [1.165, 1.54) is 24.3 Å². The van der Waals surface area contributed by atoms with Gasteiger partial charge in [-0.3, -0.25) is 4.79 Å². The van der Waals surface area contributed by atoms with E-state index in [9.17, 15) is 9.18 Å². The number of pyridine rings is 1. The predicted molar refractivity (Wildman–Crippen MR) is 83.2 cm³/mol. The van der Waals surface area contributed by atoms with E-state index in [0.717, 1.165) is 23.0 Å². The predicted octanol–water partition coefficient (Wildman–Crippen LogP) is 2.68. The minimum Gasteiger partial charge on any atom is -0.352 e. The summed E-state index contributed by atoms with van der Waals surface area (Å²) in [6.07, 6.45) is 4.51. The van der Waals surface area contributed by atoms with Gasteiger partial charge in [0.1, 0.15) is 11.5 Å². The first-order valence-electron chi connectivity index (χ1n) is 7.08. The Bertz CT molecular complexity index is 808. The maximum atomic E-state index is 12.8. The maximum Gasteiger partial charge on any atom is 0.251 e. The largest absolute Gasteiger partial charge is 0.352 e. The summed E-state index contributed by atoms with van der Waals surface area (Å²) in [5.41, 5.74) is 2.54. The Kier molecular flexibility index (Phi) is 3.87. The fourth-order valence-electron chi connectivity index (χ4n) is 2.51. The second-order valence-electron chi connectivity index (χ2n) is 5.15. The first-order chi connectivity index (χ1) is 10.6. The van der Waals surface area contributed by atoms with E-state index in [1.807, 2.05) is 29.9 Å². The summed E-state index contributed by atoms with van der Waals surface area (Å²) >= 11 is 0. The number of hydrogen-bond donors (Lipinski definition) is 1. The number of amides is 1. The van der Waals surface area contributed by atoms with Crippen LogP contribution in [0, 0.1) is 5.82 Å². The van der Waals surface area contributed by atoms with Crippen molar-refractivity contribution in [3.8, 4) is 0 Å². The van der Waals surface area contributed by atoms with Crippen LogP contribution in [-0.2, 0) is 13.5 Å². The number of rotatable bonds is 4. The molecule has 1 N–H and O–H groups in total. The molecule has 0 fully saturated rings. The second kappa shape index (κ2) is 5.97. The number of carbonyl (C=O) groups is 1. The van der Waals surface area contributed by atoms with Crippen molar-refractivity contribution in [2.24, 2.45) is 7.05 Å². The summed E-state index contributed by atoms with van der Waals surface area (Å²) in [6.45, 7) is 0.518. The van der Waals surface area contributed by atoms with Crippen LogP contribution in [0.2, 0.25) is 0 Å². The van der Waals surface area contributed by atoms with Gasteiger partial charge in [-0.25, -0.2) is 9.37 Å². The Morgan fingerprint density at radius 2 is 2.05 bits per heavy atom. The highest BCUT2D eigenvalue weighted by molar-refractivity contribution is 5.94. The zero-order valence-corrected chi connectivity index (χ0v) is 12.2. The lowest BCUT2D eigenvalue weighted by atomic mass is 10.1. The molecule has 3 aromatic rings. The van der Waals surface area contributed by atoms with Crippen LogP contribution in [0.1, 0.15) is 15.9 Å². The molecule has 2 aromatic heterocycles. The number of aromatic nitrogens is 2. The molecule has 0 aliphatic rings. The van der Waals surface area contributed by atoms with Crippen molar-refractivity contribution in [3.63, 3.8) is 0 Å². The molecule has 1 amide bonds. The average Bonchev–Trinajstić information content (AvgIpc) is 2.85. The van der Waals surface area contributed by atoms with Gasteiger partial charge in [-0.2, -0.15) is 0 Å². The number of aryl methyl sites for hydroxylation is 1. The van der Waals surface area contributed by atoms with E-state index in [0.29, 0.717) is 12.1 Å². The van der Waals surface area contributed by atoms with Crippen molar-refractivity contribution >= 4 is 16.9 Å². The average molecular weight is 297 g/mol. The van der Waals surface area contributed by atoms with Gasteiger partial charge >= 0.3 is 0 Å². The monoisotopic (exact) mass is 297 g/mol. The van der Waals surface area contributed by atoms with E-state index in [1.54, 1.807) is 6.20 Å². The van der Waals surface area contributed by atoms with Crippen LogP contribution in [-0.4, -0.2) is 22.0 Å². The summed E-state index contributed by atoms with van der Waals surface area (Å²) in [4.78, 5) is 16.3. The smallest absolute Gasteiger partial charge is 0.251 e. The van der Waals surface area contributed by atoms with Crippen LogP contribution in [0.15, 0.2) is 48.8 Å². The normalized spacial score (nSPS) is 10.8. The number of fused-ring (bicyclic) bond motifs is 1. The molecule has 0 saturated carbocycles. The van der Waals surface area contributed by atoms with Crippen LogP contribution in [0.4, 0.5) is 4.39 Å². The highest BCUT2D eigenvalue weighted by atomic mass is 19.1. The highest BCUT2D eigenvalue weighted by Gasteiger charge is 2.08. The van der Waals surface area contributed by atoms with Crippen LogP contribution in [0.25, 0.3) is 11.0 Å². The molecule has 0 atom stereocenters. The molecule has 1 aromatic carbocycles. The molecule has 3 rings (SSSR count). The summed E-state index contributed by atoms with van der Waals surface area (Å²) < 4.78 is 14.8. The van der Waals surface area contributed by atoms with Crippen molar-refractivity contribution in [1.29, 1.82) is 0 Å². The Labute approximate surface area is 127 Å². The van der Waals surface area contributed by atoms with Crippen LogP contribution in [0.5, 0.6) is 0 Å². The molecule has 0 radical (unpaired) electrons. The fraction of sp³-hybridized carbons (Fsp3) is 0.176. The second-order valence-corrected chi connectivity index (χ2v) is 5.15. The Morgan fingerprint density at radius 1 is 1.27 bits per heavy atom. The van der Waals surface area contributed by atoms with Gasteiger partial charge in [-0.05, 0) is 48.4 Å². The first-order valence-corrected chi connectivity index (χ1v) is 7.08. The Balaban J connectivity index is 1.65. The molecule has 0 saturated heterocycles. The third kappa shape index (κ3) is 2.83. The van der Waals surface area contributed by atoms with Crippen LogP contribution < -0.4 is 5.32 Å². The highest BCUT2D eigenvalue weighted by Crippen LogP contribution is 2.18. The van der Waals surface area contributed by atoms with Crippen molar-refractivity contribution in [1.82, 2.24) is 14.9 Å². The third-order valence-electron chi connectivity index (χ3n) is 3.60. The van der Waals surface area contributed by atoms with Crippen molar-refractivity contribution < 1.29 is 9.18 Å². The van der Waals surface area contributed by atoms with E-state index in [-0.39, 0.29) is 11.7 Å². The molecule has 0 aliphatic heterocycles. The van der Waals surface area contributed by atoms with E-state index < -0.39 is 0 Å². The molecule has 2 heterocycles. The zero-order valence-electron chi connectivity index (χ0n) is 12.2. The van der Waals surface area contributed by atoms with Crippen LogP contribution in [0.3, 0.4) is 0 Å². The standard InChI is InChI=1S/C17H16FN3O/c1-21-11-13(15-3-2-9-19-16(15)21)8-10-20-17(22)12-4-6-14(18)7-5-12/h2-7,9,11H,8,10H2,1H3,(H,20,22). The quantitative estimate of drug-likeness (QED) is 0.805. The van der Waals surface area contributed by atoms with Gasteiger partial charge < -0.3 is 9.88 Å². The van der Waals surface area contributed by atoms with Crippen molar-refractivity contribution in [3.05, 3.63) is 65.7 Å². The van der Waals surface area contributed by atoms with Crippen molar-refractivity contribution in [2.75, 3.05) is 6.54 Å². The fourth-order valence-corrected chi connectivity index (χ4v) is 2.51. The number of halogens is 1. The lowest BCUT2D eigenvalue weighted by Crippen LogP contribution is -2.25. The summed E-state index contributed by atoms with van der Waals surface area (Å²) in [7, 11) is 1.95. The van der Waals surface area contributed by atoms with Gasteiger partial charge in [0.05, 0.1) is 0 Å². The third-order valence-corrected chi connectivity index (χ3v) is 3.60. The van der Waals surface area contributed by atoms with Gasteiger partial charge in [0.15, 0.2) is 0 Å². The Hall–Kier alpha value is -2.69. The van der Waals surface area contributed by atoms with Gasteiger partial charge in [0, 0.05) is 36.9 Å². The van der Waals surface area contributed by atoms with Gasteiger partial charge in [0.2, 0.25) is 0 Å². The number of nitrogens with zero attached hydrogens (tertiary/aromatic N) is 2. The summed E-state index contributed by atoms with van der Waals surface area (Å²) in [5, 5.41) is 3.95. The molecule has 5 heteroatoms. The first kappa shape index (κ1) is 14.3. The minimum atomic E-state index is -0.347. The summed E-state index contributed by atoms with van der Waals surface area (Å²) in [5.74, 6) is -0.543. The number of nitrogens with one attached hydrogen (secondary N) is 1. The zero-order chi connectivity index (χ0) is 15.5. The number of hydrogen-bond acceptors (Lipinski definition) is 2. The molecular formula is C17H16FN3O. The van der Waals surface area contributed by atoms with Gasteiger partial charge in [-0.1, -0.05) is 0 Å². The van der Waals surface area contributed by atoms with E-state index in [4.69, 9.17) is 0 Å². The topological polar surface area (TPSA) is 46.9 Å². The molecule has 112 valence electrons. The minimum absolute atomic E-state index is 0.196. The molecule has 0 bridgehead atoms. The van der Waals surface area contributed by atoms with Gasteiger partial charge in [0.25, 0.3) is 5.91 Å². The lowest BCUT2D eigenvalue weighted by molar-refractivity contribution is 0.0954. The lowest BCUT2D eigenvalue weighted by Gasteiger charge is -2.04. The Morgan fingerprint density at radius 3 is 2.82 bits per heavy atom. The van der Waals surface area contributed by atoms with E-state index in [2.05, 4.69) is 10.3 Å². The molecule has 0 spiro atoms. The maximum absolute atomic E-state index is 12.8. The van der Waals surface area contributed by atoms with Crippen molar-refractivity contribution in [2.45, 2.75) is 6.42 Å². The summed E-state index contributed by atoms with van der Waals surface area (Å²) in [6, 6.07) is 9.46. The molecule has 0 aliphatic carbocycles. The number of benzene rings is 1. The molecule has 22 heavy (non-hydrogen) atoms. The van der Waals surface area contributed by atoms with Gasteiger partial charge in [-0.15, -0.1) is 0 Å². The molecule has 0 unspecified atom stereocenters. The SMILES string of the molecule is Cn1cc(CCNC(=O)c2ccc(F)cc2)c2cccnc21. The van der Waals surface area contributed by atoms with Crippen LogP contribution >= 0.6 is 0 Å². The van der Waals surface area contributed by atoms with E-state index >= 15 is 0 Å². The molecule has 4 nitrogen and oxygen atoms in total.